The number of H-pyrrole nitrogens is 1. The van der Waals surface area contributed by atoms with Crippen LogP contribution in [0.25, 0.3) is 22.6 Å². The molecule has 3 atom stereocenters. The summed E-state index contributed by atoms with van der Waals surface area (Å²) in [7, 11) is 0. The van der Waals surface area contributed by atoms with Gasteiger partial charge in [-0.05, 0) is 42.7 Å². The quantitative estimate of drug-likeness (QED) is 0.644. The molecule has 3 unspecified atom stereocenters. The Kier molecular flexibility index (Phi) is 4.95. The number of aromatic nitrogens is 6. The molecule has 1 fully saturated rings. The molecule has 0 bridgehead atoms. The molecule has 2 aliphatic rings. The summed E-state index contributed by atoms with van der Waals surface area (Å²) in [6.07, 6.45) is 13.1. The van der Waals surface area contributed by atoms with E-state index in [1.165, 1.54) is 31.5 Å². The first kappa shape index (κ1) is 19.7. The zero-order valence-corrected chi connectivity index (χ0v) is 16.6. The number of nitrogens with one attached hydrogen (secondary N) is 1. The molecular weight excluding hydrogens is 405 g/mol. The van der Waals surface area contributed by atoms with Crippen molar-refractivity contribution in [2.24, 2.45) is 17.8 Å². The first-order chi connectivity index (χ1) is 15.0. The van der Waals surface area contributed by atoms with Gasteiger partial charge in [0.2, 0.25) is 0 Å². The van der Waals surface area contributed by atoms with E-state index in [4.69, 9.17) is 0 Å². The molecule has 0 amide bonds. The third kappa shape index (κ3) is 3.92. The van der Waals surface area contributed by atoms with Gasteiger partial charge < -0.3 is 4.57 Å². The Morgan fingerprint density at radius 1 is 1.10 bits per heavy atom. The van der Waals surface area contributed by atoms with E-state index in [-0.39, 0.29) is 11.3 Å². The van der Waals surface area contributed by atoms with Gasteiger partial charge in [-0.15, -0.1) is 5.10 Å². The van der Waals surface area contributed by atoms with Crippen LogP contribution in [-0.2, 0) is 12.7 Å². The highest BCUT2D eigenvalue weighted by atomic mass is 19.4. The van der Waals surface area contributed by atoms with Crippen molar-refractivity contribution in [2.45, 2.75) is 32.0 Å². The van der Waals surface area contributed by atoms with Gasteiger partial charge in [-0.3, -0.25) is 10.1 Å². The van der Waals surface area contributed by atoms with Crippen LogP contribution in [0, 0.1) is 17.8 Å². The highest BCUT2D eigenvalue weighted by Gasteiger charge is 2.37. The summed E-state index contributed by atoms with van der Waals surface area (Å²) in [6, 6.07) is 3.05. The minimum absolute atomic E-state index is 0.249. The zero-order chi connectivity index (χ0) is 21.4. The van der Waals surface area contributed by atoms with E-state index < -0.39 is 11.9 Å². The molecule has 9 heteroatoms. The molecular formula is C22H21F3N6. The molecule has 0 aliphatic heterocycles. The average Bonchev–Trinajstić information content (AvgIpc) is 3.44. The Morgan fingerprint density at radius 3 is 2.84 bits per heavy atom. The molecule has 3 heterocycles. The van der Waals surface area contributed by atoms with Gasteiger partial charge in [-0.2, -0.15) is 13.2 Å². The van der Waals surface area contributed by atoms with Gasteiger partial charge in [0.25, 0.3) is 0 Å². The number of hydrogen-bond acceptors (Lipinski definition) is 4. The largest absolute Gasteiger partial charge is 0.435 e. The van der Waals surface area contributed by atoms with Crippen molar-refractivity contribution >= 4 is 0 Å². The van der Waals surface area contributed by atoms with E-state index in [9.17, 15) is 13.2 Å². The topological polar surface area (TPSA) is 72.3 Å². The van der Waals surface area contributed by atoms with Crippen molar-refractivity contribution in [1.29, 1.82) is 0 Å². The second-order valence-electron chi connectivity index (χ2n) is 8.12. The SMILES string of the molecule is FC(F)(F)c1[nH]nnc1-c1ccnc(-c2cn(CC3CCCC4C=CC=CC43)cn2)c1. The molecule has 6 nitrogen and oxygen atoms in total. The molecule has 1 N–H and O–H groups in total. The molecule has 5 rings (SSSR count). The number of nitrogens with zero attached hydrogens (tertiary/aromatic N) is 5. The fraction of sp³-hybridized carbons (Fsp3) is 0.364. The van der Waals surface area contributed by atoms with Crippen LogP contribution in [0.1, 0.15) is 25.0 Å². The van der Waals surface area contributed by atoms with Gasteiger partial charge in [0, 0.05) is 24.5 Å². The van der Waals surface area contributed by atoms with Crippen LogP contribution in [0.15, 0.2) is 55.2 Å². The molecule has 1 saturated carbocycles. The van der Waals surface area contributed by atoms with Crippen LogP contribution >= 0.6 is 0 Å². The Hall–Kier alpha value is -3.23. The normalized spacial score (nSPS) is 23.1. The second kappa shape index (κ2) is 7.79. The molecule has 0 saturated heterocycles. The Bertz CT molecular complexity index is 1130. The lowest BCUT2D eigenvalue weighted by molar-refractivity contribution is -0.140. The number of halogens is 3. The number of hydrogen-bond donors (Lipinski definition) is 1. The third-order valence-electron chi connectivity index (χ3n) is 6.16. The summed E-state index contributed by atoms with van der Waals surface area (Å²) in [4.78, 5) is 8.75. The Labute approximate surface area is 176 Å². The van der Waals surface area contributed by atoms with Crippen molar-refractivity contribution in [3.8, 4) is 22.6 Å². The molecule has 3 aromatic heterocycles. The van der Waals surface area contributed by atoms with E-state index in [2.05, 4.69) is 49.2 Å². The van der Waals surface area contributed by atoms with Crippen molar-refractivity contribution in [3.63, 3.8) is 0 Å². The average molecular weight is 426 g/mol. The van der Waals surface area contributed by atoms with Crippen LogP contribution in [0.5, 0.6) is 0 Å². The maximum atomic E-state index is 13.2. The van der Waals surface area contributed by atoms with Gasteiger partial charge in [-0.25, -0.2) is 4.98 Å². The van der Waals surface area contributed by atoms with Crippen molar-refractivity contribution in [2.75, 3.05) is 0 Å². The van der Waals surface area contributed by atoms with E-state index in [0.717, 1.165) is 6.54 Å². The Balaban J connectivity index is 1.37. The second-order valence-corrected chi connectivity index (χ2v) is 8.12. The van der Waals surface area contributed by atoms with E-state index >= 15 is 0 Å². The Morgan fingerprint density at radius 2 is 1.97 bits per heavy atom. The fourth-order valence-electron chi connectivity index (χ4n) is 4.70. The van der Waals surface area contributed by atoms with Crippen LogP contribution < -0.4 is 0 Å². The summed E-state index contributed by atoms with van der Waals surface area (Å²) in [5.74, 6) is 1.68. The predicted octanol–water partition coefficient (Wildman–Crippen LogP) is 4.91. The lowest BCUT2D eigenvalue weighted by atomic mass is 9.70. The molecule has 2 aliphatic carbocycles. The summed E-state index contributed by atoms with van der Waals surface area (Å²) in [6.45, 7) is 0.855. The number of aromatic amines is 1. The van der Waals surface area contributed by atoms with Crippen LogP contribution in [0.2, 0.25) is 0 Å². The van der Waals surface area contributed by atoms with Gasteiger partial charge in [0.15, 0.2) is 5.69 Å². The number of rotatable bonds is 4. The summed E-state index contributed by atoms with van der Waals surface area (Å²) >= 11 is 0. The summed E-state index contributed by atoms with van der Waals surface area (Å²) in [5, 5.41) is 8.88. The van der Waals surface area contributed by atoms with E-state index in [1.807, 2.05) is 11.3 Å². The van der Waals surface area contributed by atoms with E-state index in [0.29, 0.717) is 29.1 Å². The first-order valence-electron chi connectivity index (χ1n) is 10.3. The molecule has 0 radical (unpaired) electrons. The fourth-order valence-corrected chi connectivity index (χ4v) is 4.70. The standard InChI is InChI=1S/C22H21F3N6/c23-22(24,25)21-20(28-30-29-21)15-8-9-26-18(10-15)19-12-31(13-27-19)11-16-6-3-5-14-4-1-2-7-17(14)16/h1-2,4,7-10,12-14,16-17H,3,5-6,11H2,(H,28,29,30). The lowest BCUT2D eigenvalue weighted by Gasteiger charge is -2.36. The first-order valence-corrected chi connectivity index (χ1v) is 10.3. The predicted molar refractivity (Wildman–Crippen MR) is 108 cm³/mol. The number of pyridine rings is 1. The van der Waals surface area contributed by atoms with Gasteiger partial charge in [0.1, 0.15) is 11.4 Å². The van der Waals surface area contributed by atoms with E-state index in [1.54, 1.807) is 12.4 Å². The van der Waals surface area contributed by atoms with Crippen molar-refractivity contribution in [3.05, 3.63) is 60.9 Å². The lowest BCUT2D eigenvalue weighted by Crippen LogP contribution is -2.29. The monoisotopic (exact) mass is 426 g/mol. The van der Waals surface area contributed by atoms with Gasteiger partial charge >= 0.3 is 6.18 Å². The maximum absolute atomic E-state index is 13.2. The maximum Gasteiger partial charge on any atom is 0.435 e. The molecule has 3 aromatic rings. The minimum Gasteiger partial charge on any atom is -0.336 e. The number of imidazole rings is 1. The number of alkyl halides is 3. The van der Waals surface area contributed by atoms with Crippen molar-refractivity contribution < 1.29 is 13.2 Å². The smallest absolute Gasteiger partial charge is 0.336 e. The van der Waals surface area contributed by atoms with Gasteiger partial charge in [-0.1, -0.05) is 35.9 Å². The highest BCUT2D eigenvalue weighted by Crippen LogP contribution is 2.39. The molecule has 0 spiro atoms. The van der Waals surface area contributed by atoms with Crippen molar-refractivity contribution in [1.82, 2.24) is 29.9 Å². The summed E-state index contributed by atoms with van der Waals surface area (Å²) in [5.41, 5.74) is 0.173. The zero-order valence-electron chi connectivity index (χ0n) is 16.6. The van der Waals surface area contributed by atoms with Crippen LogP contribution in [0.4, 0.5) is 13.2 Å². The summed E-state index contributed by atoms with van der Waals surface area (Å²) < 4.78 is 41.6. The van der Waals surface area contributed by atoms with Crippen LogP contribution in [-0.4, -0.2) is 29.9 Å². The third-order valence-corrected chi connectivity index (χ3v) is 6.16. The number of fused-ring (bicyclic) bond motifs is 1. The van der Waals surface area contributed by atoms with Gasteiger partial charge in [0.05, 0.1) is 12.0 Å². The minimum atomic E-state index is -4.57. The number of allylic oxidation sites excluding steroid dienone is 4. The highest BCUT2D eigenvalue weighted by molar-refractivity contribution is 5.67. The molecule has 31 heavy (non-hydrogen) atoms. The molecule has 160 valence electrons. The molecule has 0 aromatic carbocycles. The van der Waals surface area contributed by atoms with Crippen LogP contribution in [0.3, 0.4) is 0 Å².